The van der Waals surface area contributed by atoms with Crippen LogP contribution in [0.2, 0.25) is 0 Å². The van der Waals surface area contributed by atoms with Crippen LogP contribution in [0.3, 0.4) is 0 Å². The molecular formula is C15H16FN3O3S. The zero-order chi connectivity index (χ0) is 16.4. The molecule has 8 heteroatoms. The zero-order valence-electron chi connectivity index (χ0n) is 12.3. The lowest BCUT2D eigenvalue weighted by Gasteiger charge is -2.19. The first-order chi connectivity index (χ1) is 11.0. The van der Waals surface area contributed by atoms with Crippen molar-refractivity contribution >= 4 is 15.7 Å². The summed E-state index contributed by atoms with van der Waals surface area (Å²) < 4.78 is 38.9. The van der Waals surface area contributed by atoms with Gasteiger partial charge in [-0.1, -0.05) is 18.2 Å². The molecule has 1 aromatic heterocycles. The van der Waals surface area contributed by atoms with Crippen molar-refractivity contribution < 1.29 is 17.6 Å². The van der Waals surface area contributed by atoms with Gasteiger partial charge in [-0.25, -0.2) is 12.8 Å². The predicted octanol–water partition coefficient (Wildman–Crippen LogP) is 1.55. The molecule has 1 fully saturated rings. The van der Waals surface area contributed by atoms with Crippen LogP contribution in [-0.2, 0) is 9.84 Å². The number of nitrogens with zero attached hydrogens (tertiary/aromatic N) is 2. The molecule has 0 aliphatic carbocycles. The molecule has 122 valence electrons. The molecule has 0 spiro atoms. The topological polar surface area (TPSA) is 83.1 Å². The number of aromatic amines is 1. The van der Waals surface area contributed by atoms with E-state index in [-0.39, 0.29) is 36.7 Å². The maximum absolute atomic E-state index is 14.0. The fourth-order valence-electron chi connectivity index (χ4n) is 2.78. The molecule has 2 aromatic rings. The standard InChI is InChI=1S/C15H16FN3O3S/c16-12-4-2-1-3-11(12)14-6-8-19(9-10-23(14,21)22)15(20)13-5-7-17-18-13/h1-5,7,14H,6,8-10H2,(H,17,18)/t14-/m1/s1. The summed E-state index contributed by atoms with van der Waals surface area (Å²) in [4.78, 5) is 13.8. The quantitative estimate of drug-likeness (QED) is 0.901. The number of rotatable bonds is 2. The average Bonchev–Trinajstić information content (AvgIpc) is 3.00. The summed E-state index contributed by atoms with van der Waals surface area (Å²) in [5.74, 6) is -1.02. The van der Waals surface area contributed by atoms with Crippen molar-refractivity contribution in [3.63, 3.8) is 0 Å². The molecule has 6 nitrogen and oxygen atoms in total. The highest BCUT2D eigenvalue weighted by atomic mass is 32.2. The van der Waals surface area contributed by atoms with Gasteiger partial charge in [0.25, 0.3) is 5.91 Å². The van der Waals surface area contributed by atoms with E-state index in [9.17, 15) is 17.6 Å². The van der Waals surface area contributed by atoms with E-state index in [0.29, 0.717) is 5.69 Å². The van der Waals surface area contributed by atoms with Gasteiger partial charge >= 0.3 is 0 Å². The van der Waals surface area contributed by atoms with E-state index in [1.807, 2.05) is 0 Å². The molecule has 0 radical (unpaired) electrons. The van der Waals surface area contributed by atoms with Gasteiger partial charge in [0.1, 0.15) is 11.5 Å². The van der Waals surface area contributed by atoms with E-state index < -0.39 is 20.9 Å². The number of carbonyl (C=O) groups is 1. The lowest BCUT2D eigenvalue weighted by molar-refractivity contribution is 0.0760. The number of H-pyrrole nitrogens is 1. The summed E-state index contributed by atoms with van der Waals surface area (Å²) in [5, 5.41) is 5.37. The van der Waals surface area contributed by atoms with Crippen molar-refractivity contribution in [2.24, 2.45) is 0 Å². The molecule has 3 rings (SSSR count). The number of amides is 1. The third-order valence-electron chi connectivity index (χ3n) is 4.01. The van der Waals surface area contributed by atoms with Crippen LogP contribution in [0.4, 0.5) is 4.39 Å². The van der Waals surface area contributed by atoms with Gasteiger partial charge in [-0.05, 0) is 18.6 Å². The average molecular weight is 337 g/mol. The van der Waals surface area contributed by atoms with Gasteiger partial charge in [-0.15, -0.1) is 0 Å². The Hall–Kier alpha value is -2.22. The summed E-state index contributed by atoms with van der Waals surface area (Å²) in [6, 6.07) is 7.42. The lowest BCUT2D eigenvalue weighted by atomic mass is 10.1. The van der Waals surface area contributed by atoms with E-state index in [2.05, 4.69) is 10.2 Å². The molecule has 2 heterocycles. The first-order valence-electron chi connectivity index (χ1n) is 7.23. The van der Waals surface area contributed by atoms with Crippen LogP contribution in [0.1, 0.15) is 27.7 Å². The van der Waals surface area contributed by atoms with Crippen LogP contribution in [0.25, 0.3) is 0 Å². The molecule has 1 N–H and O–H groups in total. The second kappa shape index (κ2) is 6.11. The van der Waals surface area contributed by atoms with Crippen molar-refractivity contribution in [2.45, 2.75) is 11.7 Å². The van der Waals surface area contributed by atoms with Crippen molar-refractivity contribution in [3.8, 4) is 0 Å². The van der Waals surface area contributed by atoms with Gasteiger partial charge in [0.2, 0.25) is 0 Å². The fraction of sp³-hybridized carbons (Fsp3) is 0.333. The monoisotopic (exact) mass is 337 g/mol. The van der Waals surface area contributed by atoms with Gasteiger partial charge < -0.3 is 4.90 Å². The normalized spacial score (nSPS) is 20.9. The van der Waals surface area contributed by atoms with Crippen LogP contribution >= 0.6 is 0 Å². The molecule has 0 bridgehead atoms. The smallest absolute Gasteiger partial charge is 0.271 e. The van der Waals surface area contributed by atoms with E-state index in [1.165, 1.54) is 35.4 Å². The summed E-state index contributed by atoms with van der Waals surface area (Å²) in [7, 11) is -3.53. The van der Waals surface area contributed by atoms with Crippen LogP contribution in [0.5, 0.6) is 0 Å². The molecular weight excluding hydrogens is 321 g/mol. The Kier molecular flexibility index (Phi) is 4.16. The maximum atomic E-state index is 14.0. The third-order valence-corrected chi connectivity index (χ3v) is 6.12. The van der Waals surface area contributed by atoms with Crippen LogP contribution in [-0.4, -0.2) is 48.3 Å². The number of benzene rings is 1. The van der Waals surface area contributed by atoms with E-state index >= 15 is 0 Å². The summed E-state index contributed by atoms with van der Waals surface area (Å²) in [6.07, 6.45) is 1.63. The Bertz CT molecular complexity index is 805. The predicted molar refractivity (Wildman–Crippen MR) is 82.0 cm³/mol. The Morgan fingerprint density at radius 1 is 1.26 bits per heavy atom. The molecule has 0 unspecified atom stereocenters. The van der Waals surface area contributed by atoms with Gasteiger partial charge in [0, 0.05) is 24.8 Å². The molecule has 1 aromatic carbocycles. The molecule has 1 aliphatic heterocycles. The van der Waals surface area contributed by atoms with E-state index in [1.54, 1.807) is 6.07 Å². The molecule has 1 atom stereocenters. The number of carbonyl (C=O) groups excluding carboxylic acids is 1. The fourth-order valence-corrected chi connectivity index (χ4v) is 4.58. The second-order valence-corrected chi connectivity index (χ2v) is 7.73. The second-order valence-electron chi connectivity index (χ2n) is 5.43. The number of sulfone groups is 1. The minimum absolute atomic E-state index is 0.0884. The van der Waals surface area contributed by atoms with E-state index in [0.717, 1.165) is 0 Å². The molecule has 23 heavy (non-hydrogen) atoms. The first-order valence-corrected chi connectivity index (χ1v) is 8.95. The largest absolute Gasteiger partial charge is 0.336 e. The highest BCUT2D eigenvalue weighted by Crippen LogP contribution is 2.31. The summed E-state index contributed by atoms with van der Waals surface area (Å²) in [5.41, 5.74) is 0.482. The van der Waals surface area contributed by atoms with Crippen molar-refractivity contribution in [3.05, 3.63) is 53.6 Å². The Morgan fingerprint density at radius 2 is 2.04 bits per heavy atom. The number of hydrogen-bond acceptors (Lipinski definition) is 4. The SMILES string of the molecule is O=C(c1ccn[nH]1)N1CC[C@H](c2ccccc2F)S(=O)(=O)CC1. The number of halogens is 1. The van der Waals surface area contributed by atoms with Crippen LogP contribution in [0, 0.1) is 5.82 Å². The highest BCUT2D eigenvalue weighted by molar-refractivity contribution is 7.91. The van der Waals surface area contributed by atoms with Gasteiger partial charge in [-0.3, -0.25) is 9.89 Å². The molecule has 1 aliphatic rings. The number of nitrogens with one attached hydrogen (secondary N) is 1. The van der Waals surface area contributed by atoms with Crippen molar-refractivity contribution in [2.75, 3.05) is 18.8 Å². The molecule has 1 saturated heterocycles. The van der Waals surface area contributed by atoms with Crippen molar-refractivity contribution in [1.82, 2.24) is 15.1 Å². The number of aromatic nitrogens is 2. The van der Waals surface area contributed by atoms with Gasteiger partial charge in [0.05, 0.1) is 11.0 Å². The number of hydrogen-bond donors (Lipinski definition) is 1. The van der Waals surface area contributed by atoms with Crippen LogP contribution in [0.15, 0.2) is 36.5 Å². The van der Waals surface area contributed by atoms with E-state index in [4.69, 9.17) is 0 Å². The lowest BCUT2D eigenvalue weighted by Crippen LogP contribution is -2.33. The Morgan fingerprint density at radius 3 is 2.74 bits per heavy atom. The van der Waals surface area contributed by atoms with Gasteiger partial charge in [-0.2, -0.15) is 5.10 Å². The zero-order valence-corrected chi connectivity index (χ0v) is 13.1. The first kappa shape index (κ1) is 15.7. The third kappa shape index (κ3) is 3.12. The Balaban J connectivity index is 1.86. The highest BCUT2D eigenvalue weighted by Gasteiger charge is 2.34. The Labute approximate surface area is 133 Å². The minimum atomic E-state index is -3.53. The van der Waals surface area contributed by atoms with Crippen LogP contribution < -0.4 is 0 Å². The molecule has 0 saturated carbocycles. The summed E-state index contributed by atoms with van der Waals surface area (Å²) >= 11 is 0. The van der Waals surface area contributed by atoms with Gasteiger partial charge in [0.15, 0.2) is 9.84 Å². The van der Waals surface area contributed by atoms with Crippen molar-refractivity contribution in [1.29, 1.82) is 0 Å². The maximum Gasteiger partial charge on any atom is 0.271 e. The minimum Gasteiger partial charge on any atom is -0.336 e. The molecule has 1 amide bonds. The summed E-state index contributed by atoms with van der Waals surface area (Å²) in [6.45, 7) is 0.335.